The molecule has 3 rings (SSSR count). The molecule has 0 N–H and O–H groups in total. The van der Waals surface area contributed by atoms with Crippen LogP contribution in [0.4, 0.5) is 0 Å². The molecule has 0 aliphatic carbocycles. The topological polar surface area (TPSA) is 14.2 Å². The fraction of sp³-hybridized carbons (Fsp3) is 0.263. The van der Waals surface area contributed by atoms with Crippen LogP contribution in [0.1, 0.15) is 18.9 Å². The van der Waals surface area contributed by atoms with Crippen LogP contribution in [0, 0.1) is 0 Å². The molecule has 2 aromatic carbocycles. The molecule has 3 aromatic rings. The van der Waals surface area contributed by atoms with Crippen molar-refractivity contribution in [3.63, 3.8) is 0 Å². The van der Waals surface area contributed by atoms with Gasteiger partial charge in [0.2, 0.25) is 0 Å². The summed E-state index contributed by atoms with van der Waals surface area (Å²) in [7, 11) is 0. The fourth-order valence-electron chi connectivity index (χ4n) is 2.61. The van der Waals surface area contributed by atoms with Crippen LogP contribution >= 0.6 is 0 Å². The maximum atomic E-state index is 5.74. The number of aryl methyl sites for hydroxylation is 2. The van der Waals surface area contributed by atoms with Crippen molar-refractivity contribution in [1.82, 2.24) is 4.57 Å². The van der Waals surface area contributed by atoms with Gasteiger partial charge in [0.1, 0.15) is 5.75 Å². The zero-order chi connectivity index (χ0) is 14.5. The van der Waals surface area contributed by atoms with E-state index >= 15 is 0 Å². The predicted octanol–water partition coefficient (Wildman–Crippen LogP) is 4.67. The molecule has 0 spiro atoms. The summed E-state index contributed by atoms with van der Waals surface area (Å²) in [5.41, 5.74) is 2.71. The van der Waals surface area contributed by atoms with Gasteiger partial charge in [0.15, 0.2) is 0 Å². The van der Waals surface area contributed by atoms with Gasteiger partial charge in [-0.25, -0.2) is 0 Å². The molecule has 0 saturated heterocycles. The number of benzene rings is 2. The Morgan fingerprint density at radius 1 is 1.00 bits per heavy atom. The molecule has 0 fully saturated rings. The highest BCUT2D eigenvalue weighted by Gasteiger charge is 2.02. The van der Waals surface area contributed by atoms with E-state index in [1.54, 1.807) is 0 Å². The summed E-state index contributed by atoms with van der Waals surface area (Å²) in [5.74, 6) is 0.947. The van der Waals surface area contributed by atoms with Gasteiger partial charge in [-0.2, -0.15) is 0 Å². The van der Waals surface area contributed by atoms with E-state index < -0.39 is 0 Å². The molecule has 108 valence electrons. The first-order valence-corrected chi connectivity index (χ1v) is 7.62. The van der Waals surface area contributed by atoms with Gasteiger partial charge in [-0.05, 0) is 54.1 Å². The first kappa shape index (κ1) is 13.7. The van der Waals surface area contributed by atoms with Crippen molar-refractivity contribution in [3.05, 3.63) is 66.4 Å². The van der Waals surface area contributed by atoms with Crippen LogP contribution in [0.15, 0.2) is 60.8 Å². The summed E-state index contributed by atoms with van der Waals surface area (Å²) in [5, 5.41) is 1.33. The third kappa shape index (κ3) is 3.27. The van der Waals surface area contributed by atoms with Gasteiger partial charge in [-0.15, -0.1) is 0 Å². The highest BCUT2D eigenvalue weighted by Crippen LogP contribution is 2.18. The maximum absolute atomic E-state index is 5.74. The van der Waals surface area contributed by atoms with Crippen molar-refractivity contribution in [3.8, 4) is 5.75 Å². The summed E-state index contributed by atoms with van der Waals surface area (Å²) >= 11 is 0. The number of hydrogen-bond donors (Lipinski definition) is 0. The van der Waals surface area contributed by atoms with Gasteiger partial charge < -0.3 is 9.30 Å². The second-order valence-corrected chi connectivity index (χ2v) is 5.27. The predicted molar refractivity (Wildman–Crippen MR) is 87.9 cm³/mol. The summed E-state index contributed by atoms with van der Waals surface area (Å²) in [6.07, 6.45) is 4.27. The van der Waals surface area contributed by atoms with E-state index in [0.717, 1.165) is 31.7 Å². The average molecular weight is 279 g/mol. The van der Waals surface area contributed by atoms with E-state index in [1.165, 1.54) is 16.5 Å². The van der Waals surface area contributed by atoms with Crippen molar-refractivity contribution >= 4 is 10.9 Å². The molecule has 0 saturated carbocycles. The van der Waals surface area contributed by atoms with Crippen molar-refractivity contribution in [2.45, 2.75) is 26.3 Å². The minimum Gasteiger partial charge on any atom is -0.494 e. The van der Waals surface area contributed by atoms with Gasteiger partial charge in [0, 0.05) is 18.3 Å². The number of fused-ring (bicyclic) bond motifs is 1. The standard InChI is InChI=1S/C19H21NO/c1-2-16-9-10-19-17(15-16)11-13-20(19)12-6-14-21-18-7-4-3-5-8-18/h3-5,7-11,13,15H,2,6,12,14H2,1H3. The van der Waals surface area contributed by atoms with Crippen LogP contribution in [-0.4, -0.2) is 11.2 Å². The van der Waals surface area contributed by atoms with Crippen molar-refractivity contribution in [1.29, 1.82) is 0 Å². The summed E-state index contributed by atoms with van der Waals surface area (Å²) in [6, 6.07) is 18.9. The van der Waals surface area contributed by atoms with Crippen molar-refractivity contribution < 1.29 is 4.74 Å². The van der Waals surface area contributed by atoms with Crippen LogP contribution in [-0.2, 0) is 13.0 Å². The first-order chi connectivity index (χ1) is 10.4. The van der Waals surface area contributed by atoms with E-state index in [4.69, 9.17) is 4.74 Å². The third-order valence-corrected chi connectivity index (χ3v) is 3.80. The van der Waals surface area contributed by atoms with Crippen LogP contribution in [0.3, 0.4) is 0 Å². The van der Waals surface area contributed by atoms with Crippen LogP contribution in [0.5, 0.6) is 5.75 Å². The smallest absolute Gasteiger partial charge is 0.119 e. The molecular weight excluding hydrogens is 258 g/mol. The Morgan fingerprint density at radius 3 is 2.67 bits per heavy atom. The molecule has 1 heterocycles. The number of rotatable bonds is 6. The highest BCUT2D eigenvalue weighted by atomic mass is 16.5. The van der Waals surface area contributed by atoms with E-state index in [-0.39, 0.29) is 0 Å². The molecule has 1 aromatic heterocycles. The largest absolute Gasteiger partial charge is 0.494 e. The molecule has 0 amide bonds. The molecule has 21 heavy (non-hydrogen) atoms. The number of nitrogens with zero attached hydrogens (tertiary/aromatic N) is 1. The Morgan fingerprint density at radius 2 is 1.86 bits per heavy atom. The summed E-state index contributed by atoms with van der Waals surface area (Å²) < 4.78 is 8.05. The van der Waals surface area contributed by atoms with Gasteiger partial charge in [-0.3, -0.25) is 0 Å². The van der Waals surface area contributed by atoms with E-state index in [9.17, 15) is 0 Å². The summed E-state index contributed by atoms with van der Waals surface area (Å²) in [4.78, 5) is 0. The second kappa shape index (κ2) is 6.49. The molecular formula is C19H21NO. The first-order valence-electron chi connectivity index (χ1n) is 7.62. The molecule has 0 unspecified atom stereocenters. The molecule has 2 nitrogen and oxygen atoms in total. The lowest BCUT2D eigenvalue weighted by molar-refractivity contribution is 0.302. The quantitative estimate of drug-likeness (QED) is 0.598. The number of hydrogen-bond acceptors (Lipinski definition) is 1. The SMILES string of the molecule is CCc1ccc2c(ccn2CCCOc2ccccc2)c1. The Labute approximate surface area is 126 Å². The molecule has 0 bridgehead atoms. The zero-order valence-corrected chi connectivity index (χ0v) is 12.5. The van der Waals surface area contributed by atoms with E-state index in [2.05, 4.69) is 42.0 Å². The van der Waals surface area contributed by atoms with Crippen LogP contribution < -0.4 is 4.74 Å². The van der Waals surface area contributed by atoms with Gasteiger partial charge in [0.25, 0.3) is 0 Å². The summed E-state index contributed by atoms with van der Waals surface area (Å²) in [6.45, 7) is 3.93. The number of para-hydroxylation sites is 1. The van der Waals surface area contributed by atoms with Crippen molar-refractivity contribution in [2.24, 2.45) is 0 Å². The van der Waals surface area contributed by atoms with Crippen molar-refractivity contribution in [2.75, 3.05) is 6.61 Å². The molecule has 0 aliphatic rings. The molecule has 0 radical (unpaired) electrons. The normalized spacial score (nSPS) is 10.9. The van der Waals surface area contributed by atoms with Gasteiger partial charge >= 0.3 is 0 Å². The molecule has 0 atom stereocenters. The average Bonchev–Trinajstić information content (AvgIpc) is 2.95. The monoisotopic (exact) mass is 279 g/mol. The fourth-order valence-corrected chi connectivity index (χ4v) is 2.61. The highest BCUT2D eigenvalue weighted by molar-refractivity contribution is 5.80. The number of aromatic nitrogens is 1. The Hall–Kier alpha value is -2.22. The molecule has 0 aliphatic heterocycles. The Balaban J connectivity index is 1.58. The second-order valence-electron chi connectivity index (χ2n) is 5.27. The van der Waals surface area contributed by atoms with Gasteiger partial charge in [-0.1, -0.05) is 31.2 Å². The van der Waals surface area contributed by atoms with Crippen LogP contribution in [0.25, 0.3) is 10.9 Å². The van der Waals surface area contributed by atoms with E-state index in [0.29, 0.717) is 0 Å². The van der Waals surface area contributed by atoms with E-state index in [1.807, 2.05) is 30.3 Å². The lowest BCUT2D eigenvalue weighted by atomic mass is 10.1. The Bertz CT molecular complexity index is 700. The minimum absolute atomic E-state index is 0.747. The Kier molecular flexibility index (Phi) is 4.25. The third-order valence-electron chi connectivity index (χ3n) is 3.80. The lowest BCUT2D eigenvalue weighted by Crippen LogP contribution is -2.03. The van der Waals surface area contributed by atoms with Crippen LogP contribution in [0.2, 0.25) is 0 Å². The number of ether oxygens (including phenoxy) is 1. The maximum Gasteiger partial charge on any atom is 0.119 e. The van der Waals surface area contributed by atoms with Gasteiger partial charge in [0.05, 0.1) is 6.61 Å². The molecule has 2 heteroatoms. The lowest BCUT2D eigenvalue weighted by Gasteiger charge is -2.08. The zero-order valence-electron chi connectivity index (χ0n) is 12.5. The minimum atomic E-state index is 0.747.